The summed E-state index contributed by atoms with van der Waals surface area (Å²) in [6.45, 7) is 1.47. The summed E-state index contributed by atoms with van der Waals surface area (Å²) in [6.07, 6.45) is 9.60. The Bertz CT molecular complexity index is 1040. The summed E-state index contributed by atoms with van der Waals surface area (Å²) in [4.78, 5) is 17.7. The summed E-state index contributed by atoms with van der Waals surface area (Å²) < 4.78 is 5.17. The van der Waals surface area contributed by atoms with Crippen molar-refractivity contribution in [2.45, 2.75) is 58.0 Å². The largest absolute Gasteiger partial charge is 0.345 e. The molecule has 1 aliphatic carbocycles. The number of aromatic nitrogens is 4. The maximum absolute atomic E-state index is 13.0. The van der Waals surface area contributed by atoms with Crippen molar-refractivity contribution >= 4 is 21.8 Å². The lowest BCUT2D eigenvalue weighted by atomic mass is 9.95. The van der Waals surface area contributed by atoms with E-state index in [4.69, 9.17) is 5.10 Å². The molecule has 1 amide bonds. The monoisotopic (exact) mass is 453 g/mol. The van der Waals surface area contributed by atoms with Crippen LogP contribution in [-0.4, -0.2) is 25.2 Å². The number of amides is 1. The fourth-order valence-corrected chi connectivity index (χ4v) is 4.80. The molecule has 2 aliphatic rings. The number of nitrogens with one attached hydrogen (secondary N) is 1. The average molecular weight is 454 g/mol. The Hall–Kier alpha value is -2.41. The quantitative estimate of drug-likeness (QED) is 0.649. The van der Waals surface area contributed by atoms with Crippen LogP contribution in [0.15, 0.2) is 34.9 Å². The molecule has 2 aromatic heterocycles. The number of nitrogens with zero attached hydrogens (tertiary/aromatic N) is 4. The van der Waals surface area contributed by atoms with E-state index >= 15 is 0 Å². The fraction of sp³-hybridized carbons (Fsp3) is 0.409. The van der Waals surface area contributed by atoms with Gasteiger partial charge in [0.25, 0.3) is 5.91 Å². The summed E-state index contributed by atoms with van der Waals surface area (Å²) >= 11 is 3.54. The van der Waals surface area contributed by atoms with Crippen LogP contribution in [0.5, 0.6) is 0 Å². The summed E-state index contributed by atoms with van der Waals surface area (Å²) in [5, 5.41) is 7.79. The van der Waals surface area contributed by atoms with Crippen LogP contribution in [0, 0.1) is 0 Å². The van der Waals surface area contributed by atoms with Crippen LogP contribution in [0.2, 0.25) is 0 Å². The molecule has 5 rings (SSSR count). The first kappa shape index (κ1) is 18.6. The van der Waals surface area contributed by atoms with Crippen LogP contribution in [0.3, 0.4) is 0 Å². The van der Waals surface area contributed by atoms with E-state index in [2.05, 4.69) is 37.0 Å². The second kappa shape index (κ2) is 7.78. The minimum Gasteiger partial charge on any atom is -0.345 e. The van der Waals surface area contributed by atoms with Gasteiger partial charge in [-0.3, -0.25) is 4.79 Å². The molecule has 0 radical (unpaired) electrons. The topological polar surface area (TPSA) is 64.7 Å². The van der Waals surface area contributed by atoms with E-state index in [0.717, 1.165) is 71.6 Å². The summed E-state index contributed by atoms with van der Waals surface area (Å²) in [6, 6.07) is 8.07. The van der Waals surface area contributed by atoms with E-state index in [1.807, 2.05) is 28.9 Å². The van der Waals surface area contributed by atoms with Crippen LogP contribution < -0.4 is 5.32 Å². The Morgan fingerprint density at radius 3 is 2.86 bits per heavy atom. The van der Waals surface area contributed by atoms with Gasteiger partial charge in [0, 0.05) is 34.9 Å². The molecule has 0 fully saturated rings. The molecule has 29 heavy (non-hydrogen) atoms. The van der Waals surface area contributed by atoms with Gasteiger partial charge in [0.05, 0.1) is 17.9 Å². The van der Waals surface area contributed by atoms with Crippen LogP contribution in [0.25, 0.3) is 5.69 Å². The molecule has 7 heteroatoms. The van der Waals surface area contributed by atoms with Gasteiger partial charge in [-0.2, -0.15) is 5.10 Å². The molecule has 1 aliphatic heterocycles. The third-order valence-corrected chi connectivity index (χ3v) is 6.33. The standard InChI is InChI=1S/C22H24BrN5O/c23-15-6-5-7-17(12-15)28-19-9-2-1-8-18(19)21(26-28)22(29)24-13-16-14-27-11-4-3-10-20(27)25-16/h5-7,12,14H,1-4,8-11,13H2,(H,24,29). The van der Waals surface area contributed by atoms with Crippen molar-refractivity contribution in [1.29, 1.82) is 0 Å². The molecule has 0 saturated carbocycles. The molecule has 0 bridgehead atoms. The fourth-order valence-electron chi connectivity index (χ4n) is 4.41. The van der Waals surface area contributed by atoms with Crippen LogP contribution >= 0.6 is 15.9 Å². The highest BCUT2D eigenvalue weighted by molar-refractivity contribution is 9.10. The van der Waals surface area contributed by atoms with Gasteiger partial charge in [-0.1, -0.05) is 22.0 Å². The Morgan fingerprint density at radius 1 is 1.14 bits per heavy atom. The molecular weight excluding hydrogens is 430 g/mol. The molecule has 3 heterocycles. The number of hydrogen-bond donors (Lipinski definition) is 1. The first-order valence-corrected chi connectivity index (χ1v) is 11.2. The second-order valence-electron chi connectivity index (χ2n) is 7.85. The minimum atomic E-state index is -0.108. The van der Waals surface area contributed by atoms with Gasteiger partial charge in [0.1, 0.15) is 5.82 Å². The van der Waals surface area contributed by atoms with Crippen molar-refractivity contribution in [3.63, 3.8) is 0 Å². The smallest absolute Gasteiger partial charge is 0.272 e. The molecule has 0 unspecified atom stereocenters. The third-order valence-electron chi connectivity index (χ3n) is 5.84. The van der Waals surface area contributed by atoms with E-state index in [9.17, 15) is 4.79 Å². The van der Waals surface area contributed by atoms with E-state index in [-0.39, 0.29) is 5.91 Å². The maximum Gasteiger partial charge on any atom is 0.272 e. The van der Waals surface area contributed by atoms with Gasteiger partial charge in [-0.15, -0.1) is 0 Å². The highest BCUT2D eigenvalue weighted by atomic mass is 79.9. The average Bonchev–Trinajstić information content (AvgIpc) is 3.33. The number of hydrogen-bond acceptors (Lipinski definition) is 3. The predicted octanol–water partition coefficient (Wildman–Crippen LogP) is 3.98. The Labute approximate surface area is 178 Å². The van der Waals surface area contributed by atoms with E-state index in [1.54, 1.807) is 0 Å². The molecule has 1 aromatic carbocycles. The summed E-state index contributed by atoms with van der Waals surface area (Å²) in [7, 11) is 0. The van der Waals surface area contributed by atoms with Crippen LogP contribution in [-0.2, 0) is 32.4 Å². The van der Waals surface area contributed by atoms with Gasteiger partial charge < -0.3 is 9.88 Å². The molecule has 0 saturated heterocycles. The lowest BCUT2D eigenvalue weighted by Crippen LogP contribution is -2.25. The minimum absolute atomic E-state index is 0.108. The number of rotatable bonds is 4. The lowest BCUT2D eigenvalue weighted by molar-refractivity contribution is 0.0944. The van der Waals surface area contributed by atoms with Gasteiger partial charge in [-0.25, -0.2) is 9.67 Å². The first-order chi connectivity index (χ1) is 14.2. The molecule has 3 aromatic rings. The number of benzene rings is 1. The number of imidazole rings is 1. The Morgan fingerprint density at radius 2 is 2.00 bits per heavy atom. The summed E-state index contributed by atoms with van der Waals surface area (Å²) in [5.74, 6) is 1.03. The Balaban J connectivity index is 1.40. The van der Waals surface area contributed by atoms with Crippen molar-refractivity contribution in [3.05, 3.63) is 63.4 Å². The molecular formula is C22H24BrN5O. The van der Waals surface area contributed by atoms with Gasteiger partial charge in [0.2, 0.25) is 0 Å². The third kappa shape index (κ3) is 3.64. The Kier molecular flexibility index (Phi) is 4.99. The molecule has 0 atom stereocenters. The lowest BCUT2D eigenvalue weighted by Gasteiger charge is -2.14. The van der Waals surface area contributed by atoms with Crippen molar-refractivity contribution in [3.8, 4) is 5.69 Å². The van der Waals surface area contributed by atoms with E-state index < -0.39 is 0 Å². The molecule has 6 nitrogen and oxygen atoms in total. The van der Waals surface area contributed by atoms with Gasteiger partial charge >= 0.3 is 0 Å². The van der Waals surface area contributed by atoms with Crippen LogP contribution in [0.4, 0.5) is 0 Å². The van der Waals surface area contributed by atoms with Crippen molar-refractivity contribution < 1.29 is 4.79 Å². The van der Waals surface area contributed by atoms with E-state index in [1.165, 1.54) is 12.8 Å². The van der Waals surface area contributed by atoms with Crippen molar-refractivity contribution in [2.75, 3.05) is 0 Å². The predicted molar refractivity (Wildman–Crippen MR) is 114 cm³/mol. The highest BCUT2D eigenvalue weighted by Gasteiger charge is 2.25. The maximum atomic E-state index is 13.0. The molecule has 0 spiro atoms. The van der Waals surface area contributed by atoms with Crippen molar-refractivity contribution in [1.82, 2.24) is 24.6 Å². The van der Waals surface area contributed by atoms with Gasteiger partial charge in [-0.05, 0) is 56.7 Å². The number of fused-ring (bicyclic) bond motifs is 2. The second-order valence-corrected chi connectivity index (χ2v) is 8.77. The SMILES string of the molecule is O=C(NCc1cn2c(n1)CCCC2)c1nn(-c2cccc(Br)c2)c2c1CCCC2. The zero-order chi connectivity index (χ0) is 19.8. The van der Waals surface area contributed by atoms with Gasteiger partial charge in [0.15, 0.2) is 5.69 Å². The zero-order valence-corrected chi connectivity index (χ0v) is 17.9. The van der Waals surface area contributed by atoms with Crippen LogP contribution in [0.1, 0.15) is 58.9 Å². The molecule has 150 valence electrons. The highest BCUT2D eigenvalue weighted by Crippen LogP contribution is 2.28. The molecule has 1 N–H and O–H groups in total. The zero-order valence-electron chi connectivity index (χ0n) is 16.3. The van der Waals surface area contributed by atoms with E-state index in [0.29, 0.717) is 12.2 Å². The number of carbonyl (C=O) groups excluding carboxylic acids is 1. The number of halogens is 1. The number of carbonyl (C=O) groups is 1. The van der Waals surface area contributed by atoms with Crippen molar-refractivity contribution in [2.24, 2.45) is 0 Å². The normalized spacial score (nSPS) is 15.6. The first-order valence-electron chi connectivity index (χ1n) is 10.4. The number of aryl methyl sites for hydroxylation is 2. The summed E-state index contributed by atoms with van der Waals surface area (Å²) in [5.41, 5.74) is 4.73.